The standard InChI is InChI=1S/C17H18ClN3O6.C6H4O/c1-9(2)14(20-15(18)13(16(20)23)19-10(3)22)17(24)27-8-11-4-6-12(7-5-11)21(25)26;1-2-5-4-6(3-1)7-5/h4-7,13-15H,1,8H2,2-3H3,(H,19,22);1-4H. The number of amides is 2. The van der Waals surface area contributed by atoms with E-state index in [-0.39, 0.29) is 12.3 Å². The van der Waals surface area contributed by atoms with Crippen molar-refractivity contribution in [1.29, 1.82) is 0 Å². The Morgan fingerprint density at radius 1 is 1.24 bits per heavy atom. The number of alkyl halides is 1. The molecule has 5 rings (SSSR count). The lowest BCUT2D eigenvalue weighted by Gasteiger charge is -2.46. The highest BCUT2D eigenvalue weighted by Crippen LogP contribution is 2.33. The Kier molecular flexibility index (Phi) is 7.52. The lowest BCUT2D eigenvalue weighted by Crippen LogP contribution is -2.72. The zero-order valence-electron chi connectivity index (χ0n) is 18.4. The largest absolute Gasteiger partial charge is 0.459 e. The molecule has 3 unspecified atom stereocenters. The van der Waals surface area contributed by atoms with Gasteiger partial charge in [-0.2, -0.15) is 0 Å². The van der Waals surface area contributed by atoms with E-state index < -0.39 is 40.3 Å². The number of benzene rings is 2. The molecule has 34 heavy (non-hydrogen) atoms. The molecule has 3 heterocycles. The summed E-state index contributed by atoms with van der Waals surface area (Å²) in [6, 6.07) is 11.4. The Hall–Kier alpha value is -3.92. The van der Waals surface area contributed by atoms with Crippen molar-refractivity contribution in [2.45, 2.75) is 38.0 Å². The van der Waals surface area contributed by atoms with Gasteiger partial charge in [-0.15, -0.1) is 0 Å². The van der Waals surface area contributed by atoms with Gasteiger partial charge < -0.3 is 19.7 Å². The van der Waals surface area contributed by atoms with Gasteiger partial charge in [-0.25, -0.2) is 4.79 Å². The van der Waals surface area contributed by atoms with Gasteiger partial charge in [0.05, 0.1) is 4.92 Å². The summed E-state index contributed by atoms with van der Waals surface area (Å²) in [5.41, 5.74) is -0.0908. The summed E-state index contributed by atoms with van der Waals surface area (Å²) in [5, 5.41) is 13.1. The molecule has 0 spiro atoms. The number of likely N-dealkylation sites (tertiary alicyclic amines) is 1. The highest BCUT2D eigenvalue weighted by Gasteiger charge is 2.52. The summed E-state index contributed by atoms with van der Waals surface area (Å²) in [7, 11) is 0. The van der Waals surface area contributed by atoms with Crippen LogP contribution in [0.5, 0.6) is 11.5 Å². The van der Waals surface area contributed by atoms with E-state index in [1.54, 1.807) is 6.92 Å². The minimum absolute atomic E-state index is 0.0786. The lowest BCUT2D eigenvalue weighted by molar-refractivity contribution is -0.384. The maximum absolute atomic E-state index is 12.5. The Balaban J connectivity index is 0.000000387. The number of carbonyl (C=O) groups is 3. The molecule has 3 atom stereocenters. The van der Waals surface area contributed by atoms with Crippen LogP contribution in [-0.2, 0) is 25.7 Å². The Morgan fingerprint density at radius 2 is 1.82 bits per heavy atom. The molecule has 2 aromatic rings. The normalized spacial score (nSPS) is 18.1. The summed E-state index contributed by atoms with van der Waals surface area (Å²) >= 11 is 6.14. The third kappa shape index (κ3) is 5.52. The molecular formula is C23H22ClN3O7. The maximum atomic E-state index is 12.5. The number of nitrogens with zero attached hydrogens (tertiary/aromatic N) is 2. The predicted molar refractivity (Wildman–Crippen MR) is 122 cm³/mol. The van der Waals surface area contributed by atoms with Crippen LogP contribution in [0.1, 0.15) is 19.4 Å². The lowest BCUT2D eigenvalue weighted by atomic mass is 9.99. The van der Waals surface area contributed by atoms with Gasteiger partial charge in [-0.05, 0) is 42.3 Å². The van der Waals surface area contributed by atoms with E-state index >= 15 is 0 Å². The zero-order valence-corrected chi connectivity index (χ0v) is 19.2. The number of esters is 1. The summed E-state index contributed by atoms with van der Waals surface area (Å²) in [6.07, 6.45) is 0. The number of carbonyl (C=O) groups excluding carboxylic acids is 3. The van der Waals surface area contributed by atoms with Crippen molar-refractivity contribution >= 4 is 35.1 Å². The van der Waals surface area contributed by atoms with Gasteiger partial charge in [0.25, 0.3) is 11.6 Å². The second kappa shape index (κ2) is 10.3. The number of nitro groups is 1. The number of hydrogen-bond acceptors (Lipinski definition) is 7. The highest BCUT2D eigenvalue weighted by atomic mass is 35.5. The first-order valence-corrected chi connectivity index (χ1v) is 10.6. The smallest absolute Gasteiger partial charge is 0.333 e. The molecule has 178 valence electrons. The van der Waals surface area contributed by atoms with Gasteiger partial charge in [0.15, 0.2) is 6.04 Å². The average molecular weight is 488 g/mol. The molecule has 3 aliphatic rings. The molecule has 0 aliphatic carbocycles. The van der Waals surface area contributed by atoms with E-state index in [2.05, 4.69) is 11.9 Å². The predicted octanol–water partition coefficient (Wildman–Crippen LogP) is 3.29. The maximum Gasteiger partial charge on any atom is 0.333 e. The number of halogens is 1. The Bertz CT molecular complexity index is 1110. The minimum Gasteiger partial charge on any atom is -0.459 e. The molecule has 2 amide bonds. The van der Waals surface area contributed by atoms with Crippen LogP contribution in [0.3, 0.4) is 0 Å². The first-order valence-electron chi connectivity index (χ1n) is 10.1. The highest BCUT2D eigenvalue weighted by molar-refractivity contribution is 6.27. The van der Waals surface area contributed by atoms with Crippen molar-refractivity contribution in [2.75, 3.05) is 0 Å². The zero-order chi connectivity index (χ0) is 25.0. The number of fused-ring (bicyclic) bond motifs is 2. The molecule has 3 aliphatic heterocycles. The van der Waals surface area contributed by atoms with Gasteiger partial charge >= 0.3 is 5.97 Å². The van der Waals surface area contributed by atoms with Gasteiger partial charge in [-0.3, -0.25) is 19.7 Å². The molecule has 0 saturated carbocycles. The fourth-order valence-corrected chi connectivity index (χ4v) is 3.66. The Labute approximate surface area is 200 Å². The summed E-state index contributed by atoms with van der Waals surface area (Å²) < 4.78 is 10.2. The number of hydrogen-bond donors (Lipinski definition) is 1. The fourth-order valence-electron chi connectivity index (χ4n) is 3.28. The van der Waals surface area contributed by atoms with Crippen LogP contribution in [0.2, 0.25) is 0 Å². The van der Waals surface area contributed by atoms with Gasteiger partial charge in [0.1, 0.15) is 29.6 Å². The van der Waals surface area contributed by atoms with Crippen molar-refractivity contribution in [1.82, 2.24) is 10.2 Å². The second-order valence-electron chi connectivity index (χ2n) is 7.65. The number of rotatable bonds is 7. The monoisotopic (exact) mass is 487 g/mol. The molecule has 11 heteroatoms. The minimum atomic E-state index is -1.09. The van der Waals surface area contributed by atoms with Gasteiger partial charge in [-0.1, -0.05) is 24.2 Å². The fraction of sp³-hybridized carbons (Fsp3) is 0.261. The van der Waals surface area contributed by atoms with Gasteiger partial charge in [0, 0.05) is 25.1 Å². The quantitative estimate of drug-likeness (QED) is 0.103. The number of non-ortho nitro benzene ring substituents is 1. The van der Waals surface area contributed by atoms with Crippen molar-refractivity contribution in [3.05, 3.63) is 76.4 Å². The first kappa shape index (κ1) is 24.7. The third-order valence-corrected chi connectivity index (χ3v) is 5.42. The molecule has 10 nitrogen and oxygen atoms in total. The molecule has 0 radical (unpaired) electrons. The number of β-lactam (4-membered cyclic amide) rings is 1. The van der Waals surface area contributed by atoms with Crippen LogP contribution in [0.4, 0.5) is 5.69 Å². The SMILES string of the molecule is C=C(C)C(C(=O)OCc1ccc([N+](=O)[O-])cc1)N1C(=O)C(NC(C)=O)C1Cl.c1cc2cc(c1)O2. The molecule has 1 saturated heterocycles. The van der Waals surface area contributed by atoms with Gasteiger partial charge in [0.2, 0.25) is 5.91 Å². The van der Waals surface area contributed by atoms with Crippen LogP contribution < -0.4 is 10.1 Å². The third-order valence-electron chi connectivity index (χ3n) is 4.96. The van der Waals surface area contributed by atoms with E-state index in [1.807, 2.05) is 24.3 Å². The van der Waals surface area contributed by atoms with Crippen molar-refractivity contribution in [3.8, 4) is 11.5 Å². The molecule has 1 fully saturated rings. The van der Waals surface area contributed by atoms with Crippen LogP contribution in [0, 0.1) is 10.1 Å². The number of nitro benzene ring substituents is 1. The van der Waals surface area contributed by atoms with E-state index in [9.17, 15) is 24.5 Å². The first-order chi connectivity index (χ1) is 16.1. The van der Waals surface area contributed by atoms with E-state index in [0.29, 0.717) is 11.1 Å². The number of nitrogens with one attached hydrogen (secondary N) is 1. The van der Waals surface area contributed by atoms with E-state index in [4.69, 9.17) is 21.1 Å². The molecule has 0 aromatic heterocycles. The van der Waals surface area contributed by atoms with Crippen LogP contribution in [0.15, 0.2) is 60.7 Å². The molecule has 2 bridgehead atoms. The molecule has 1 N–H and O–H groups in total. The van der Waals surface area contributed by atoms with E-state index in [0.717, 1.165) is 16.4 Å². The summed E-state index contributed by atoms with van der Waals surface area (Å²) in [5.74, 6) is 0.313. The molecular weight excluding hydrogens is 466 g/mol. The van der Waals surface area contributed by atoms with Crippen LogP contribution >= 0.6 is 11.6 Å². The summed E-state index contributed by atoms with van der Waals surface area (Å²) in [6.45, 7) is 6.38. The van der Waals surface area contributed by atoms with Crippen LogP contribution in [0.25, 0.3) is 0 Å². The topological polar surface area (TPSA) is 128 Å². The number of ether oxygens (including phenoxy) is 2. The van der Waals surface area contributed by atoms with E-state index in [1.165, 1.54) is 31.2 Å². The summed E-state index contributed by atoms with van der Waals surface area (Å²) in [4.78, 5) is 47.0. The van der Waals surface area contributed by atoms with Crippen LogP contribution in [-0.4, -0.2) is 45.2 Å². The average Bonchev–Trinajstić information content (AvgIpc) is 2.79. The van der Waals surface area contributed by atoms with Crippen molar-refractivity contribution in [2.24, 2.45) is 0 Å². The second-order valence-corrected chi connectivity index (χ2v) is 8.10. The van der Waals surface area contributed by atoms with Crippen molar-refractivity contribution in [3.63, 3.8) is 0 Å². The molecule has 2 aromatic carbocycles. The van der Waals surface area contributed by atoms with Crippen molar-refractivity contribution < 1.29 is 28.8 Å². The Morgan fingerprint density at radius 3 is 2.21 bits per heavy atom.